The number of aromatic amines is 1. The minimum atomic E-state index is -0.188. The quantitative estimate of drug-likeness (QED) is 0.745. The van der Waals surface area contributed by atoms with Crippen LogP contribution in [0.3, 0.4) is 0 Å². The van der Waals surface area contributed by atoms with Gasteiger partial charge in [0.2, 0.25) is 0 Å². The molecule has 6 heteroatoms. The first kappa shape index (κ1) is 16.6. The minimum Gasteiger partial charge on any atom is -0.493 e. The molecule has 0 aliphatic carbocycles. The van der Waals surface area contributed by atoms with E-state index in [0.29, 0.717) is 28.4 Å². The number of rotatable bonds is 5. The molecule has 0 saturated carbocycles. The number of nitrogens with zero attached hydrogens (tertiary/aromatic N) is 1. The fraction of sp³-hybridized carbons (Fsp3) is 0.158. The zero-order chi connectivity index (χ0) is 17.8. The lowest BCUT2D eigenvalue weighted by Gasteiger charge is -2.10. The van der Waals surface area contributed by atoms with E-state index in [-0.39, 0.29) is 5.91 Å². The molecule has 0 saturated heterocycles. The highest BCUT2D eigenvalue weighted by Crippen LogP contribution is 2.35. The summed E-state index contributed by atoms with van der Waals surface area (Å²) in [7, 11) is 3.16. The van der Waals surface area contributed by atoms with Gasteiger partial charge in [0.25, 0.3) is 5.91 Å². The van der Waals surface area contributed by atoms with Crippen LogP contribution in [-0.2, 0) is 0 Å². The fourth-order valence-electron chi connectivity index (χ4n) is 2.55. The molecule has 6 nitrogen and oxygen atoms in total. The Balaban J connectivity index is 1.96. The predicted molar refractivity (Wildman–Crippen MR) is 96.3 cm³/mol. The molecule has 0 radical (unpaired) electrons. The summed E-state index contributed by atoms with van der Waals surface area (Å²) in [5.74, 6) is 1.04. The third-order valence-corrected chi connectivity index (χ3v) is 3.88. The zero-order valence-electron chi connectivity index (χ0n) is 14.3. The summed E-state index contributed by atoms with van der Waals surface area (Å²) in [5, 5.41) is 10.2. The first-order valence-electron chi connectivity index (χ1n) is 7.77. The largest absolute Gasteiger partial charge is 0.493 e. The molecule has 1 heterocycles. The summed E-state index contributed by atoms with van der Waals surface area (Å²) in [4.78, 5) is 12.5. The number of aryl methyl sites for hydroxylation is 1. The summed E-state index contributed by atoms with van der Waals surface area (Å²) in [6, 6.07) is 14.6. The average Bonchev–Trinajstić information content (AvgIpc) is 3.02. The molecule has 0 unspecified atom stereocenters. The van der Waals surface area contributed by atoms with Gasteiger partial charge in [-0.3, -0.25) is 9.89 Å². The molecule has 0 spiro atoms. The number of methoxy groups -OCH3 is 2. The lowest BCUT2D eigenvalue weighted by Crippen LogP contribution is -2.12. The highest BCUT2D eigenvalue weighted by atomic mass is 16.5. The van der Waals surface area contributed by atoms with Gasteiger partial charge in [-0.05, 0) is 37.3 Å². The molecule has 0 bridgehead atoms. The molecular weight excluding hydrogens is 318 g/mol. The summed E-state index contributed by atoms with van der Waals surface area (Å²) < 4.78 is 10.6. The molecule has 1 amide bonds. The van der Waals surface area contributed by atoms with Gasteiger partial charge in [0.15, 0.2) is 11.5 Å². The van der Waals surface area contributed by atoms with Crippen molar-refractivity contribution in [3.8, 4) is 22.8 Å². The van der Waals surface area contributed by atoms with Crippen molar-refractivity contribution in [2.45, 2.75) is 6.92 Å². The van der Waals surface area contributed by atoms with Crippen molar-refractivity contribution < 1.29 is 14.3 Å². The molecule has 128 valence electrons. The molecule has 3 rings (SSSR count). The number of aromatic nitrogens is 2. The van der Waals surface area contributed by atoms with Gasteiger partial charge >= 0.3 is 0 Å². The molecule has 0 atom stereocenters. The predicted octanol–water partition coefficient (Wildman–Crippen LogP) is 3.65. The Labute approximate surface area is 145 Å². The number of amides is 1. The fourth-order valence-corrected chi connectivity index (χ4v) is 2.55. The smallest absolute Gasteiger partial charge is 0.255 e. The average molecular weight is 337 g/mol. The van der Waals surface area contributed by atoms with Gasteiger partial charge in [-0.25, -0.2) is 0 Å². The van der Waals surface area contributed by atoms with E-state index in [9.17, 15) is 4.79 Å². The molecule has 0 aliphatic rings. The number of carbonyl (C=O) groups is 1. The first-order chi connectivity index (χ1) is 12.1. The third-order valence-electron chi connectivity index (χ3n) is 3.88. The van der Waals surface area contributed by atoms with E-state index in [2.05, 4.69) is 15.5 Å². The normalized spacial score (nSPS) is 10.4. The summed E-state index contributed by atoms with van der Waals surface area (Å²) in [6.07, 6.45) is 0. The van der Waals surface area contributed by atoms with E-state index < -0.39 is 0 Å². The van der Waals surface area contributed by atoms with Gasteiger partial charge in [-0.15, -0.1) is 0 Å². The van der Waals surface area contributed by atoms with E-state index >= 15 is 0 Å². The molecule has 25 heavy (non-hydrogen) atoms. The Morgan fingerprint density at radius 1 is 1.04 bits per heavy atom. The minimum absolute atomic E-state index is 0.188. The van der Waals surface area contributed by atoms with Crippen molar-refractivity contribution >= 4 is 11.6 Å². The van der Waals surface area contributed by atoms with Crippen molar-refractivity contribution in [3.63, 3.8) is 0 Å². The van der Waals surface area contributed by atoms with E-state index in [1.807, 2.05) is 37.3 Å². The van der Waals surface area contributed by atoms with Crippen molar-refractivity contribution in [2.24, 2.45) is 0 Å². The van der Waals surface area contributed by atoms with E-state index in [1.54, 1.807) is 32.4 Å². The van der Waals surface area contributed by atoms with Crippen molar-refractivity contribution in [3.05, 3.63) is 59.8 Å². The first-order valence-corrected chi connectivity index (χ1v) is 7.77. The van der Waals surface area contributed by atoms with Gasteiger partial charge < -0.3 is 14.8 Å². The summed E-state index contributed by atoms with van der Waals surface area (Å²) in [6.45, 7) is 1.86. The standard InChI is InChI=1S/C19H19N3O3/c1-12-17(20-19(23)13-7-5-4-6-8-13)18(22-21-12)14-9-10-15(24-2)16(11-14)25-3/h4-11H,1-3H3,(H,20,23)(H,21,22). The van der Waals surface area contributed by atoms with Crippen LogP contribution in [-0.4, -0.2) is 30.3 Å². The molecule has 0 fully saturated rings. The van der Waals surface area contributed by atoms with Gasteiger partial charge in [0.1, 0.15) is 5.69 Å². The number of hydrogen-bond acceptors (Lipinski definition) is 4. The van der Waals surface area contributed by atoms with Crippen molar-refractivity contribution in [1.29, 1.82) is 0 Å². The Bertz CT molecular complexity index is 888. The van der Waals surface area contributed by atoms with Gasteiger partial charge in [0, 0.05) is 11.1 Å². The number of hydrogen-bond donors (Lipinski definition) is 2. The zero-order valence-corrected chi connectivity index (χ0v) is 14.3. The number of carbonyl (C=O) groups excluding carboxylic acids is 1. The van der Waals surface area contributed by atoms with Crippen LogP contribution in [0.4, 0.5) is 5.69 Å². The Morgan fingerprint density at radius 2 is 1.76 bits per heavy atom. The lowest BCUT2D eigenvalue weighted by molar-refractivity contribution is 0.102. The van der Waals surface area contributed by atoms with Crippen LogP contribution >= 0.6 is 0 Å². The van der Waals surface area contributed by atoms with Crippen LogP contribution in [0.1, 0.15) is 16.1 Å². The number of anilines is 1. The summed E-state index contributed by atoms with van der Waals surface area (Å²) in [5.41, 5.74) is 3.45. The maximum absolute atomic E-state index is 12.5. The van der Waals surface area contributed by atoms with Crippen LogP contribution in [0.2, 0.25) is 0 Å². The maximum atomic E-state index is 12.5. The van der Waals surface area contributed by atoms with Gasteiger partial charge in [-0.1, -0.05) is 18.2 Å². The topological polar surface area (TPSA) is 76.2 Å². The van der Waals surface area contributed by atoms with E-state index in [4.69, 9.17) is 9.47 Å². The molecule has 2 aromatic carbocycles. The second-order valence-corrected chi connectivity index (χ2v) is 5.46. The van der Waals surface area contributed by atoms with Crippen LogP contribution in [0.25, 0.3) is 11.3 Å². The second-order valence-electron chi connectivity index (χ2n) is 5.46. The highest BCUT2D eigenvalue weighted by molar-refractivity contribution is 6.06. The lowest BCUT2D eigenvalue weighted by atomic mass is 10.1. The molecule has 0 aliphatic heterocycles. The van der Waals surface area contributed by atoms with Crippen LogP contribution in [0.5, 0.6) is 11.5 Å². The van der Waals surface area contributed by atoms with Crippen LogP contribution < -0.4 is 14.8 Å². The van der Waals surface area contributed by atoms with Crippen molar-refractivity contribution in [1.82, 2.24) is 10.2 Å². The molecular formula is C19H19N3O3. The third kappa shape index (κ3) is 3.33. The van der Waals surface area contributed by atoms with Gasteiger partial charge in [0.05, 0.1) is 25.6 Å². The van der Waals surface area contributed by atoms with Crippen LogP contribution in [0.15, 0.2) is 48.5 Å². The Kier molecular flexibility index (Phi) is 4.70. The number of H-pyrrole nitrogens is 1. The number of benzene rings is 2. The van der Waals surface area contributed by atoms with Crippen molar-refractivity contribution in [2.75, 3.05) is 19.5 Å². The van der Waals surface area contributed by atoms with E-state index in [1.165, 1.54) is 0 Å². The summed E-state index contributed by atoms with van der Waals surface area (Å²) >= 11 is 0. The number of nitrogens with one attached hydrogen (secondary N) is 2. The molecule has 3 aromatic rings. The molecule has 1 aromatic heterocycles. The molecule has 2 N–H and O–H groups in total. The number of ether oxygens (including phenoxy) is 2. The maximum Gasteiger partial charge on any atom is 0.255 e. The SMILES string of the molecule is COc1ccc(-c2n[nH]c(C)c2NC(=O)c2ccccc2)cc1OC. The second kappa shape index (κ2) is 7.09. The Hall–Kier alpha value is -3.28. The van der Waals surface area contributed by atoms with Crippen LogP contribution in [0, 0.1) is 6.92 Å². The Morgan fingerprint density at radius 3 is 2.44 bits per heavy atom. The highest BCUT2D eigenvalue weighted by Gasteiger charge is 2.17. The van der Waals surface area contributed by atoms with E-state index in [0.717, 1.165) is 11.3 Å². The van der Waals surface area contributed by atoms with Gasteiger partial charge in [-0.2, -0.15) is 5.10 Å². The monoisotopic (exact) mass is 337 g/mol.